The van der Waals surface area contributed by atoms with E-state index in [2.05, 4.69) is 34.6 Å². The fraction of sp³-hybridized carbons (Fsp3) is 0.647. The SMILES string of the molecule is CCCOc1c(C)cc(Cl)c(C)c1C(C)CC1OC1C. The molecule has 3 unspecified atom stereocenters. The van der Waals surface area contributed by atoms with Gasteiger partial charge in [0.05, 0.1) is 18.8 Å². The second-order valence-electron chi connectivity index (χ2n) is 5.91. The average molecular weight is 297 g/mol. The molecule has 0 N–H and O–H groups in total. The van der Waals surface area contributed by atoms with Gasteiger partial charge in [0.2, 0.25) is 0 Å². The maximum Gasteiger partial charge on any atom is 0.126 e. The van der Waals surface area contributed by atoms with Crippen molar-refractivity contribution in [2.24, 2.45) is 0 Å². The van der Waals surface area contributed by atoms with Gasteiger partial charge in [-0.05, 0) is 56.7 Å². The molecule has 0 aromatic heterocycles. The van der Waals surface area contributed by atoms with Gasteiger partial charge in [-0.2, -0.15) is 0 Å². The van der Waals surface area contributed by atoms with E-state index in [4.69, 9.17) is 21.1 Å². The predicted molar refractivity (Wildman–Crippen MR) is 84.1 cm³/mol. The molecule has 1 heterocycles. The zero-order chi connectivity index (χ0) is 14.9. The van der Waals surface area contributed by atoms with Gasteiger partial charge in [0.25, 0.3) is 0 Å². The van der Waals surface area contributed by atoms with Crippen LogP contribution in [0.5, 0.6) is 5.75 Å². The van der Waals surface area contributed by atoms with E-state index in [1.807, 2.05) is 6.07 Å². The Bertz CT molecular complexity index is 484. The first-order valence-corrected chi connectivity index (χ1v) is 7.91. The van der Waals surface area contributed by atoms with Crippen molar-refractivity contribution in [3.63, 3.8) is 0 Å². The van der Waals surface area contributed by atoms with Crippen molar-refractivity contribution in [2.45, 2.75) is 65.6 Å². The highest BCUT2D eigenvalue weighted by molar-refractivity contribution is 6.31. The van der Waals surface area contributed by atoms with E-state index in [1.165, 1.54) is 5.56 Å². The number of ether oxygens (including phenoxy) is 2. The van der Waals surface area contributed by atoms with E-state index in [0.717, 1.165) is 41.3 Å². The Morgan fingerprint density at radius 1 is 1.40 bits per heavy atom. The van der Waals surface area contributed by atoms with Crippen molar-refractivity contribution in [3.8, 4) is 5.75 Å². The first-order valence-electron chi connectivity index (χ1n) is 7.53. The van der Waals surface area contributed by atoms with Crippen LogP contribution in [0.3, 0.4) is 0 Å². The minimum atomic E-state index is 0.391. The second-order valence-corrected chi connectivity index (χ2v) is 6.32. The number of halogens is 1. The summed E-state index contributed by atoms with van der Waals surface area (Å²) in [5.41, 5.74) is 3.52. The lowest BCUT2D eigenvalue weighted by atomic mass is 9.89. The van der Waals surface area contributed by atoms with Crippen molar-refractivity contribution in [1.29, 1.82) is 0 Å². The number of hydrogen-bond acceptors (Lipinski definition) is 2. The monoisotopic (exact) mass is 296 g/mol. The fourth-order valence-corrected chi connectivity index (χ4v) is 3.07. The van der Waals surface area contributed by atoms with Crippen molar-refractivity contribution >= 4 is 11.6 Å². The Labute approximate surface area is 127 Å². The normalized spacial score (nSPS) is 22.7. The Morgan fingerprint density at radius 3 is 2.60 bits per heavy atom. The summed E-state index contributed by atoms with van der Waals surface area (Å²) in [5, 5.41) is 0.831. The number of epoxide rings is 1. The lowest BCUT2D eigenvalue weighted by molar-refractivity contribution is 0.307. The lowest BCUT2D eigenvalue weighted by Gasteiger charge is -2.22. The van der Waals surface area contributed by atoms with Crippen LogP contribution in [0.2, 0.25) is 5.02 Å². The molecule has 0 aliphatic carbocycles. The van der Waals surface area contributed by atoms with Crippen LogP contribution in [0, 0.1) is 13.8 Å². The highest BCUT2D eigenvalue weighted by Crippen LogP contribution is 2.41. The first-order chi connectivity index (χ1) is 9.45. The summed E-state index contributed by atoms with van der Waals surface area (Å²) in [7, 11) is 0. The van der Waals surface area contributed by atoms with Crippen LogP contribution in [0.4, 0.5) is 0 Å². The standard InChI is InChI=1S/C17H25ClO2/c1-6-7-19-17-11(3)8-14(18)12(4)16(17)10(2)9-15-13(5)20-15/h8,10,13,15H,6-7,9H2,1-5H3. The predicted octanol–water partition coefficient (Wildman–Crippen LogP) is 5.03. The molecule has 112 valence electrons. The van der Waals surface area contributed by atoms with E-state index in [0.29, 0.717) is 18.1 Å². The van der Waals surface area contributed by atoms with E-state index < -0.39 is 0 Å². The third-order valence-corrected chi connectivity index (χ3v) is 4.47. The second kappa shape index (κ2) is 6.36. The molecule has 1 aliphatic rings. The topological polar surface area (TPSA) is 21.8 Å². The smallest absolute Gasteiger partial charge is 0.126 e. The van der Waals surface area contributed by atoms with E-state index >= 15 is 0 Å². The third kappa shape index (κ3) is 3.29. The molecule has 1 fully saturated rings. The Morgan fingerprint density at radius 2 is 2.05 bits per heavy atom. The largest absolute Gasteiger partial charge is 0.493 e. The zero-order valence-corrected chi connectivity index (χ0v) is 13.9. The van der Waals surface area contributed by atoms with Crippen LogP contribution in [-0.2, 0) is 4.74 Å². The average Bonchev–Trinajstić information content (AvgIpc) is 3.07. The number of benzene rings is 1. The van der Waals surface area contributed by atoms with Gasteiger partial charge in [0, 0.05) is 10.6 Å². The van der Waals surface area contributed by atoms with Crippen molar-refractivity contribution in [1.82, 2.24) is 0 Å². The quantitative estimate of drug-likeness (QED) is 0.687. The summed E-state index contributed by atoms with van der Waals surface area (Å²) in [6, 6.07) is 2.01. The summed E-state index contributed by atoms with van der Waals surface area (Å²) in [6.45, 7) is 11.4. The highest BCUT2D eigenvalue weighted by Gasteiger charge is 2.36. The van der Waals surface area contributed by atoms with Gasteiger partial charge in [0.15, 0.2) is 0 Å². The maximum absolute atomic E-state index is 6.36. The Hall–Kier alpha value is -0.730. The molecule has 1 aliphatic heterocycles. The summed E-state index contributed by atoms with van der Waals surface area (Å²) in [5.74, 6) is 1.42. The Kier molecular flexibility index (Phi) is 4.98. The maximum atomic E-state index is 6.36. The summed E-state index contributed by atoms with van der Waals surface area (Å²) < 4.78 is 11.6. The van der Waals surface area contributed by atoms with Gasteiger partial charge >= 0.3 is 0 Å². The van der Waals surface area contributed by atoms with E-state index in [-0.39, 0.29) is 0 Å². The van der Waals surface area contributed by atoms with Gasteiger partial charge in [-0.3, -0.25) is 0 Å². The van der Waals surface area contributed by atoms with Crippen molar-refractivity contribution < 1.29 is 9.47 Å². The van der Waals surface area contributed by atoms with Crippen LogP contribution < -0.4 is 4.74 Å². The molecule has 2 nitrogen and oxygen atoms in total. The van der Waals surface area contributed by atoms with Crippen LogP contribution in [0.25, 0.3) is 0 Å². The molecule has 0 saturated carbocycles. The molecule has 1 aromatic rings. The molecular weight excluding hydrogens is 272 g/mol. The molecule has 0 radical (unpaired) electrons. The van der Waals surface area contributed by atoms with Gasteiger partial charge in [0.1, 0.15) is 5.75 Å². The molecule has 2 rings (SSSR count). The Balaban J connectivity index is 2.31. The van der Waals surface area contributed by atoms with Gasteiger partial charge < -0.3 is 9.47 Å². The zero-order valence-electron chi connectivity index (χ0n) is 13.1. The van der Waals surface area contributed by atoms with Crippen molar-refractivity contribution in [3.05, 3.63) is 27.8 Å². The summed E-state index contributed by atoms with van der Waals surface area (Å²) in [6.07, 6.45) is 2.84. The molecule has 3 heteroatoms. The van der Waals surface area contributed by atoms with Gasteiger partial charge in [-0.1, -0.05) is 25.4 Å². The highest BCUT2D eigenvalue weighted by atomic mass is 35.5. The van der Waals surface area contributed by atoms with E-state index in [1.54, 1.807) is 0 Å². The molecule has 3 atom stereocenters. The fourth-order valence-electron chi connectivity index (χ4n) is 2.81. The lowest BCUT2D eigenvalue weighted by Crippen LogP contribution is -2.08. The van der Waals surface area contributed by atoms with E-state index in [9.17, 15) is 0 Å². The molecule has 0 spiro atoms. The third-order valence-electron chi connectivity index (χ3n) is 4.07. The molecule has 0 amide bonds. The minimum absolute atomic E-state index is 0.391. The molecule has 20 heavy (non-hydrogen) atoms. The number of hydrogen-bond donors (Lipinski definition) is 0. The minimum Gasteiger partial charge on any atom is -0.493 e. The summed E-state index contributed by atoms with van der Waals surface area (Å²) >= 11 is 6.36. The number of rotatable bonds is 6. The van der Waals surface area contributed by atoms with Crippen LogP contribution in [-0.4, -0.2) is 18.8 Å². The van der Waals surface area contributed by atoms with Gasteiger partial charge in [-0.25, -0.2) is 0 Å². The van der Waals surface area contributed by atoms with Crippen LogP contribution >= 0.6 is 11.6 Å². The van der Waals surface area contributed by atoms with Crippen molar-refractivity contribution in [2.75, 3.05) is 6.61 Å². The van der Waals surface area contributed by atoms with Crippen LogP contribution in [0.15, 0.2) is 6.07 Å². The first kappa shape index (κ1) is 15.7. The molecule has 0 bridgehead atoms. The molecule has 1 aromatic carbocycles. The van der Waals surface area contributed by atoms with Crippen LogP contribution in [0.1, 0.15) is 56.2 Å². The molecule has 1 saturated heterocycles. The van der Waals surface area contributed by atoms with Gasteiger partial charge in [-0.15, -0.1) is 0 Å². The molecular formula is C17H25ClO2. The summed E-state index contributed by atoms with van der Waals surface area (Å²) in [4.78, 5) is 0. The number of aryl methyl sites for hydroxylation is 1.